The zero-order valence-electron chi connectivity index (χ0n) is 12.8. The van der Waals surface area contributed by atoms with E-state index in [1.807, 2.05) is 19.1 Å². The standard InChI is InChI=1S/C17H25FN2O/c1-17(21)8-11-19(12-14-4-6-15(18)7-5-14)13-16(17)20-9-2-3-10-20/h4-7,16,21H,2-3,8-13H2,1H3. The molecule has 2 unspecified atom stereocenters. The van der Waals surface area contributed by atoms with E-state index in [0.717, 1.165) is 44.7 Å². The van der Waals surface area contributed by atoms with Crippen LogP contribution in [-0.4, -0.2) is 52.7 Å². The Balaban J connectivity index is 1.66. The Labute approximate surface area is 126 Å². The van der Waals surface area contributed by atoms with Gasteiger partial charge >= 0.3 is 0 Å². The van der Waals surface area contributed by atoms with Crippen LogP contribution in [-0.2, 0) is 6.54 Å². The van der Waals surface area contributed by atoms with Gasteiger partial charge in [-0.1, -0.05) is 12.1 Å². The second kappa shape index (κ2) is 6.03. The van der Waals surface area contributed by atoms with Crippen molar-refractivity contribution in [2.24, 2.45) is 0 Å². The molecule has 21 heavy (non-hydrogen) atoms. The van der Waals surface area contributed by atoms with Crippen LogP contribution >= 0.6 is 0 Å². The average molecular weight is 292 g/mol. The molecule has 0 saturated carbocycles. The first-order chi connectivity index (χ1) is 10.0. The highest BCUT2D eigenvalue weighted by molar-refractivity contribution is 5.16. The molecule has 1 N–H and O–H groups in total. The number of aliphatic hydroxyl groups is 1. The van der Waals surface area contributed by atoms with Crippen LogP contribution in [0.1, 0.15) is 31.7 Å². The summed E-state index contributed by atoms with van der Waals surface area (Å²) < 4.78 is 13.0. The SMILES string of the molecule is CC1(O)CCN(Cc2ccc(F)cc2)CC1N1CCCC1. The summed E-state index contributed by atoms with van der Waals surface area (Å²) in [5.74, 6) is -0.185. The van der Waals surface area contributed by atoms with E-state index in [0.29, 0.717) is 0 Å². The molecule has 2 fully saturated rings. The Morgan fingerprint density at radius 2 is 1.86 bits per heavy atom. The molecule has 3 rings (SSSR count). The highest BCUT2D eigenvalue weighted by Crippen LogP contribution is 2.29. The molecule has 3 nitrogen and oxygen atoms in total. The minimum absolute atomic E-state index is 0.185. The molecule has 1 aromatic rings. The van der Waals surface area contributed by atoms with Crippen LogP contribution < -0.4 is 0 Å². The highest BCUT2D eigenvalue weighted by atomic mass is 19.1. The summed E-state index contributed by atoms with van der Waals surface area (Å²) in [5.41, 5.74) is 0.544. The van der Waals surface area contributed by atoms with E-state index in [9.17, 15) is 9.50 Å². The first kappa shape index (κ1) is 14.9. The smallest absolute Gasteiger partial charge is 0.123 e. The van der Waals surface area contributed by atoms with Gasteiger partial charge in [-0.25, -0.2) is 4.39 Å². The third-order valence-corrected chi connectivity index (χ3v) is 4.98. The molecule has 0 amide bonds. The van der Waals surface area contributed by atoms with Crippen molar-refractivity contribution in [3.8, 4) is 0 Å². The van der Waals surface area contributed by atoms with Crippen LogP contribution in [0.5, 0.6) is 0 Å². The normalized spacial score (nSPS) is 31.7. The number of piperidine rings is 1. The Morgan fingerprint density at radius 1 is 1.19 bits per heavy atom. The van der Waals surface area contributed by atoms with E-state index in [2.05, 4.69) is 9.80 Å². The van der Waals surface area contributed by atoms with Gasteiger partial charge in [-0.05, 0) is 57.0 Å². The summed E-state index contributed by atoms with van der Waals surface area (Å²) in [7, 11) is 0. The third kappa shape index (κ3) is 3.44. The van der Waals surface area contributed by atoms with E-state index >= 15 is 0 Å². The van der Waals surface area contributed by atoms with Gasteiger partial charge in [0.25, 0.3) is 0 Å². The Morgan fingerprint density at radius 3 is 2.52 bits per heavy atom. The molecule has 0 spiro atoms. The maximum absolute atomic E-state index is 13.0. The third-order valence-electron chi connectivity index (χ3n) is 4.98. The summed E-state index contributed by atoms with van der Waals surface area (Å²) in [6.45, 7) is 6.81. The largest absolute Gasteiger partial charge is 0.388 e. The Bertz CT molecular complexity index is 468. The second-order valence-electron chi connectivity index (χ2n) is 6.73. The van der Waals surface area contributed by atoms with Crippen molar-refractivity contribution in [3.05, 3.63) is 35.6 Å². The lowest BCUT2D eigenvalue weighted by atomic mass is 9.87. The quantitative estimate of drug-likeness (QED) is 0.925. The average Bonchev–Trinajstić information content (AvgIpc) is 2.97. The molecule has 1 aromatic carbocycles. The molecule has 0 radical (unpaired) electrons. The molecule has 116 valence electrons. The molecule has 2 saturated heterocycles. The first-order valence-electron chi connectivity index (χ1n) is 7.98. The molecule has 2 aliphatic heterocycles. The Kier molecular flexibility index (Phi) is 4.29. The van der Waals surface area contributed by atoms with Crippen molar-refractivity contribution >= 4 is 0 Å². The summed E-state index contributed by atoms with van der Waals surface area (Å²) in [6, 6.07) is 6.97. The number of halogens is 1. The molecule has 4 heteroatoms. The number of likely N-dealkylation sites (tertiary alicyclic amines) is 2. The van der Waals surface area contributed by atoms with Crippen LogP contribution in [0.25, 0.3) is 0 Å². The first-order valence-corrected chi connectivity index (χ1v) is 7.98. The molecular weight excluding hydrogens is 267 g/mol. The van der Waals surface area contributed by atoms with Gasteiger partial charge in [-0.2, -0.15) is 0 Å². The van der Waals surface area contributed by atoms with Gasteiger partial charge in [-0.15, -0.1) is 0 Å². The number of hydrogen-bond donors (Lipinski definition) is 1. The number of nitrogens with zero attached hydrogens (tertiary/aromatic N) is 2. The maximum Gasteiger partial charge on any atom is 0.123 e. The van der Waals surface area contributed by atoms with Crippen molar-refractivity contribution in [1.82, 2.24) is 9.80 Å². The maximum atomic E-state index is 13.0. The summed E-state index contributed by atoms with van der Waals surface area (Å²) in [6.07, 6.45) is 3.28. The van der Waals surface area contributed by atoms with Crippen molar-refractivity contribution in [2.45, 2.75) is 44.4 Å². The molecule has 0 bridgehead atoms. The fraction of sp³-hybridized carbons (Fsp3) is 0.647. The van der Waals surface area contributed by atoms with Crippen molar-refractivity contribution < 1.29 is 9.50 Å². The van der Waals surface area contributed by atoms with Crippen molar-refractivity contribution in [2.75, 3.05) is 26.2 Å². The molecule has 0 aliphatic carbocycles. The predicted molar refractivity (Wildman–Crippen MR) is 81.5 cm³/mol. The fourth-order valence-corrected chi connectivity index (χ4v) is 3.64. The molecule has 0 aromatic heterocycles. The molecule has 2 heterocycles. The molecular formula is C17H25FN2O. The lowest BCUT2D eigenvalue weighted by Crippen LogP contribution is -2.60. The van der Waals surface area contributed by atoms with Gasteiger partial charge < -0.3 is 5.11 Å². The van der Waals surface area contributed by atoms with E-state index in [1.165, 1.54) is 25.0 Å². The highest BCUT2D eigenvalue weighted by Gasteiger charge is 2.41. The molecule has 2 aliphatic rings. The van der Waals surface area contributed by atoms with Crippen LogP contribution in [0.2, 0.25) is 0 Å². The second-order valence-corrected chi connectivity index (χ2v) is 6.73. The fourth-order valence-electron chi connectivity index (χ4n) is 3.64. The van der Waals surface area contributed by atoms with Gasteiger partial charge in [0.2, 0.25) is 0 Å². The van der Waals surface area contributed by atoms with Gasteiger partial charge in [0, 0.05) is 19.6 Å². The van der Waals surface area contributed by atoms with Crippen LogP contribution in [0, 0.1) is 5.82 Å². The topological polar surface area (TPSA) is 26.7 Å². The summed E-state index contributed by atoms with van der Waals surface area (Å²) >= 11 is 0. The van der Waals surface area contributed by atoms with Crippen molar-refractivity contribution in [3.63, 3.8) is 0 Å². The zero-order chi connectivity index (χ0) is 14.9. The zero-order valence-corrected chi connectivity index (χ0v) is 12.8. The minimum atomic E-state index is -0.594. The monoisotopic (exact) mass is 292 g/mol. The van der Waals surface area contributed by atoms with Gasteiger partial charge in [0.15, 0.2) is 0 Å². The van der Waals surface area contributed by atoms with E-state index in [-0.39, 0.29) is 11.9 Å². The van der Waals surface area contributed by atoms with E-state index < -0.39 is 5.60 Å². The van der Waals surface area contributed by atoms with Crippen LogP contribution in [0.3, 0.4) is 0 Å². The van der Waals surface area contributed by atoms with Gasteiger partial charge in [-0.3, -0.25) is 9.80 Å². The molecule has 2 atom stereocenters. The summed E-state index contributed by atoms with van der Waals surface area (Å²) in [5, 5.41) is 10.7. The number of hydrogen-bond acceptors (Lipinski definition) is 3. The lowest BCUT2D eigenvalue weighted by Gasteiger charge is -2.46. The number of benzene rings is 1. The van der Waals surface area contributed by atoms with Crippen LogP contribution in [0.4, 0.5) is 4.39 Å². The van der Waals surface area contributed by atoms with Crippen molar-refractivity contribution in [1.29, 1.82) is 0 Å². The van der Waals surface area contributed by atoms with E-state index in [1.54, 1.807) is 0 Å². The van der Waals surface area contributed by atoms with Crippen LogP contribution in [0.15, 0.2) is 24.3 Å². The predicted octanol–water partition coefficient (Wildman–Crippen LogP) is 2.25. The Hall–Kier alpha value is -0.970. The van der Waals surface area contributed by atoms with Gasteiger partial charge in [0.1, 0.15) is 5.82 Å². The lowest BCUT2D eigenvalue weighted by molar-refractivity contribution is -0.0776. The summed E-state index contributed by atoms with van der Waals surface area (Å²) in [4.78, 5) is 4.82. The van der Waals surface area contributed by atoms with E-state index in [4.69, 9.17) is 0 Å². The number of rotatable bonds is 3. The van der Waals surface area contributed by atoms with Gasteiger partial charge in [0.05, 0.1) is 11.6 Å². The minimum Gasteiger partial charge on any atom is -0.388 e.